The molecule has 1 N–H and O–H groups in total. The number of hydrogen-bond acceptors (Lipinski definition) is 3. The first kappa shape index (κ1) is 14.5. The van der Waals surface area contributed by atoms with Crippen LogP contribution in [0.2, 0.25) is 5.02 Å². The van der Waals surface area contributed by atoms with Crippen LogP contribution in [-0.4, -0.2) is 40.6 Å². The minimum Gasteiger partial charge on any atom is -0.330 e. The van der Waals surface area contributed by atoms with E-state index in [1.54, 1.807) is 0 Å². The van der Waals surface area contributed by atoms with Crippen LogP contribution in [-0.2, 0) is 13.6 Å². The number of piperidine rings is 1. The maximum Gasteiger partial charge on any atom is 0.123 e. The third-order valence-electron chi connectivity index (χ3n) is 5.48. The van der Waals surface area contributed by atoms with Crippen LogP contribution in [0.3, 0.4) is 0 Å². The van der Waals surface area contributed by atoms with E-state index in [1.165, 1.54) is 45.4 Å². The van der Waals surface area contributed by atoms with Crippen molar-refractivity contribution < 1.29 is 0 Å². The molecule has 4 nitrogen and oxygen atoms in total. The minimum absolute atomic E-state index is 0.555. The number of benzene rings is 1. The van der Waals surface area contributed by atoms with Crippen molar-refractivity contribution in [2.45, 2.75) is 25.8 Å². The van der Waals surface area contributed by atoms with Gasteiger partial charge >= 0.3 is 0 Å². The quantitative estimate of drug-likeness (QED) is 0.924. The summed E-state index contributed by atoms with van der Waals surface area (Å²) in [6.45, 7) is 5.72. The Morgan fingerprint density at radius 2 is 2.09 bits per heavy atom. The molecule has 2 saturated heterocycles. The topological polar surface area (TPSA) is 33.1 Å². The highest BCUT2D eigenvalue weighted by atomic mass is 35.5. The van der Waals surface area contributed by atoms with Gasteiger partial charge < -0.3 is 9.88 Å². The highest BCUT2D eigenvalue weighted by Crippen LogP contribution is 2.39. The second-order valence-electron chi connectivity index (χ2n) is 6.93. The molecule has 3 heterocycles. The molecule has 2 aliphatic rings. The summed E-state index contributed by atoms with van der Waals surface area (Å²) >= 11 is 6.08. The van der Waals surface area contributed by atoms with Crippen molar-refractivity contribution in [3.05, 3.63) is 29.0 Å². The first-order valence-electron chi connectivity index (χ1n) is 8.19. The van der Waals surface area contributed by atoms with Gasteiger partial charge in [-0.25, -0.2) is 4.98 Å². The molecule has 1 aromatic carbocycles. The number of imidazole rings is 1. The van der Waals surface area contributed by atoms with E-state index in [-0.39, 0.29) is 0 Å². The van der Waals surface area contributed by atoms with Crippen molar-refractivity contribution in [3.8, 4) is 0 Å². The molecule has 5 heteroatoms. The van der Waals surface area contributed by atoms with Crippen molar-refractivity contribution in [2.24, 2.45) is 12.5 Å². The lowest BCUT2D eigenvalue weighted by Crippen LogP contribution is -2.38. The van der Waals surface area contributed by atoms with Crippen molar-refractivity contribution in [1.82, 2.24) is 19.8 Å². The fourth-order valence-corrected chi connectivity index (χ4v) is 4.26. The summed E-state index contributed by atoms with van der Waals surface area (Å²) in [5, 5.41) is 4.24. The lowest BCUT2D eigenvalue weighted by atomic mass is 9.78. The zero-order chi connectivity index (χ0) is 15.2. The Hall–Kier alpha value is -1.10. The smallest absolute Gasteiger partial charge is 0.123 e. The van der Waals surface area contributed by atoms with Crippen LogP contribution in [0.5, 0.6) is 0 Å². The van der Waals surface area contributed by atoms with Crippen LogP contribution >= 0.6 is 11.6 Å². The third-order valence-corrected chi connectivity index (χ3v) is 5.72. The van der Waals surface area contributed by atoms with Crippen LogP contribution < -0.4 is 5.32 Å². The fourth-order valence-electron chi connectivity index (χ4n) is 4.09. The van der Waals surface area contributed by atoms with Gasteiger partial charge in [0.2, 0.25) is 0 Å². The van der Waals surface area contributed by atoms with Crippen LogP contribution in [0.25, 0.3) is 11.0 Å². The molecule has 1 aromatic heterocycles. The zero-order valence-electron chi connectivity index (χ0n) is 13.1. The van der Waals surface area contributed by atoms with Crippen LogP contribution in [0, 0.1) is 5.41 Å². The number of nitrogens with zero attached hydrogens (tertiary/aromatic N) is 3. The van der Waals surface area contributed by atoms with E-state index in [2.05, 4.69) is 27.9 Å². The molecule has 1 spiro atoms. The highest BCUT2D eigenvalue weighted by molar-refractivity contribution is 6.31. The lowest BCUT2D eigenvalue weighted by Gasteiger charge is -2.33. The van der Waals surface area contributed by atoms with Crippen LogP contribution in [0.1, 0.15) is 25.1 Å². The minimum atomic E-state index is 0.555. The Balaban J connectivity index is 1.53. The van der Waals surface area contributed by atoms with E-state index >= 15 is 0 Å². The monoisotopic (exact) mass is 318 g/mol. The Bertz CT molecular complexity index is 687. The van der Waals surface area contributed by atoms with Crippen molar-refractivity contribution in [1.29, 1.82) is 0 Å². The molecular formula is C17H23ClN4. The summed E-state index contributed by atoms with van der Waals surface area (Å²) in [4.78, 5) is 7.37. The summed E-state index contributed by atoms with van der Waals surface area (Å²) < 4.78 is 2.21. The van der Waals surface area contributed by atoms with Gasteiger partial charge in [-0.2, -0.15) is 0 Å². The van der Waals surface area contributed by atoms with Gasteiger partial charge in [0.25, 0.3) is 0 Å². The predicted octanol–water partition coefficient (Wildman–Crippen LogP) is 2.80. The molecule has 22 heavy (non-hydrogen) atoms. The van der Waals surface area contributed by atoms with E-state index in [1.807, 2.05) is 12.1 Å². The van der Waals surface area contributed by atoms with E-state index in [0.29, 0.717) is 5.41 Å². The first-order chi connectivity index (χ1) is 10.7. The maximum atomic E-state index is 6.08. The predicted molar refractivity (Wildman–Crippen MR) is 90.2 cm³/mol. The van der Waals surface area contributed by atoms with Gasteiger partial charge in [-0.15, -0.1) is 0 Å². The number of hydrogen-bond donors (Lipinski definition) is 1. The van der Waals surface area contributed by atoms with Crippen LogP contribution in [0.15, 0.2) is 18.2 Å². The molecule has 0 amide bonds. The SMILES string of the molecule is Cn1c(CN2CCC3(CCNCC3)C2)nc2cc(Cl)ccc21. The number of nitrogens with one attached hydrogen (secondary N) is 1. The summed E-state index contributed by atoms with van der Waals surface area (Å²) in [7, 11) is 2.11. The summed E-state index contributed by atoms with van der Waals surface area (Å²) in [6, 6.07) is 5.96. The number of aromatic nitrogens is 2. The van der Waals surface area contributed by atoms with Gasteiger partial charge in [-0.3, -0.25) is 4.90 Å². The van der Waals surface area contributed by atoms with Gasteiger partial charge in [-0.1, -0.05) is 11.6 Å². The molecule has 4 rings (SSSR count). The van der Waals surface area contributed by atoms with Crippen molar-refractivity contribution in [3.63, 3.8) is 0 Å². The normalized spacial score (nSPS) is 21.9. The maximum absolute atomic E-state index is 6.08. The average molecular weight is 319 g/mol. The van der Waals surface area contributed by atoms with E-state index < -0.39 is 0 Å². The molecule has 2 aliphatic heterocycles. The molecular weight excluding hydrogens is 296 g/mol. The largest absolute Gasteiger partial charge is 0.330 e. The number of rotatable bonds is 2. The summed E-state index contributed by atoms with van der Waals surface area (Å²) in [6.07, 6.45) is 3.98. The number of halogens is 1. The van der Waals surface area contributed by atoms with Gasteiger partial charge in [-0.05, 0) is 62.5 Å². The first-order valence-corrected chi connectivity index (χ1v) is 8.57. The Kier molecular flexibility index (Phi) is 3.63. The molecule has 118 valence electrons. The molecule has 0 aliphatic carbocycles. The molecule has 0 saturated carbocycles. The number of aryl methyl sites for hydroxylation is 1. The molecule has 0 atom stereocenters. The standard InChI is InChI=1S/C17H23ClN4/c1-21-15-3-2-13(18)10-14(15)20-16(21)11-22-9-6-17(12-22)4-7-19-8-5-17/h2-3,10,19H,4-9,11-12H2,1H3. The average Bonchev–Trinajstić information content (AvgIpc) is 3.02. The van der Waals surface area contributed by atoms with E-state index in [9.17, 15) is 0 Å². The molecule has 0 radical (unpaired) electrons. The van der Waals surface area contributed by atoms with Crippen molar-refractivity contribution >= 4 is 22.6 Å². The Labute approximate surface area is 136 Å². The third kappa shape index (κ3) is 2.53. The molecule has 2 aromatic rings. The zero-order valence-corrected chi connectivity index (χ0v) is 13.9. The summed E-state index contributed by atoms with van der Waals surface area (Å²) in [5.41, 5.74) is 2.72. The number of likely N-dealkylation sites (tertiary alicyclic amines) is 1. The van der Waals surface area contributed by atoms with Gasteiger partial charge in [0.05, 0.1) is 17.6 Å². The van der Waals surface area contributed by atoms with Gasteiger partial charge in [0.1, 0.15) is 5.82 Å². The molecule has 0 unspecified atom stereocenters. The van der Waals surface area contributed by atoms with Gasteiger partial charge in [0, 0.05) is 18.6 Å². The van der Waals surface area contributed by atoms with Crippen LogP contribution in [0.4, 0.5) is 0 Å². The summed E-state index contributed by atoms with van der Waals surface area (Å²) in [5.74, 6) is 1.14. The second kappa shape index (κ2) is 5.52. The lowest BCUT2D eigenvalue weighted by molar-refractivity contribution is 0.192. The fraction of sp³-hybridized carbons (Fsp3) is 0.588. The number of fused-ring (bicyclic) bond motifs is 1. The molecule has 2 fully saturated rings. The second-order valence-corrected chi connectivity index (χ2v) is 7.37. The van der Waals surface area contributed by atoms with E-state index in [4.69, 9.17) is 16.6 Å². The highest BCUT2D eigenvalue weighted by Gasteiger charge is 2.38. The van der Waals surface area contributed by atoms with Gasteiger partial charge in [0.15, 0.2) is 0 Å². The Morgan fingerprint density at radius 1 is 1.27 bits per heavy atom. The van der Waals surface area contributed by atoms with Crippen molar-refractivity contribution in [2.75, 3.05) is 26.2 Å². The van der Waals surface area contributed by atoms with E-state index in [0.717, 1.165) is 28.4 Å². The molecule has 0 bridgehead atoms. The Morgan fingerprint density at radius 3 is 2.91 bits per heavy atom.